The maximum Gasteiger partial charge on any atom is -0.0321 e. The maximum absolute atomic E-state index is 2.43. The van der Waals surface area contributed by atoms with E-state index in [1.165, 1.54) is 25.7 Å². The van der Waals surface area contributed by atoms with Crippen molar-refractivity contribution in [3.63, 3.8) is 0 Å². The van der Waals surface area contributed by atoms with Crippen molar-refractivity contribution in [3.05, 3.63) is 0 Å². The van der Waals surface area contributed by atoms with Gasteiger partial charge in [0.15, 0.2) is 0 Å². The minimum Gasteiger partial charge on any atom is -0.0596 e. The van der Waals surface area contributed by atoms with Crippen molar-refractivity contribution in [1.29, 1.82) is 0 Å². The van der Waals surface area contributed by atoms with E-state index in [2.05, 4.69) is 13.8 Å². The zero-order valence-corrected chi connectivity index (χ0v) is 6.48. The molecule has 0 aromatic carbocycles. The molecule has 0 spiro atoms. The SMILES string of the molecule is CC1(C)C[C@H]2CCC[C@H]21. The Labute approximate surface area is 57.6 Å². The fraction of sp³-hybridized carbons (Fsp3) is 1.00. The van der Waals surface area contributed by atoms with Crippen LogP contribution in [0.1, 0.15) is 39.5 Å². The van der Waals surface area contributed by atoms with Crippen LogP contribution in [0.3, 0.4) is 0 Å². The monoisotopic (exact) mass is 124 g/mol. The minimum atomic E-state index is 0.723. The molecule has 0 bridgehead atoms. The Bertz CT molecular complexity index is 124. The topological polar surface area (TPSA) is 0 Å². The van der Waals surface area contributed by atoms with Crippen LogP contribution >= 0.6 is 0 Å². The molecule has 2 saturated carbocycles. The van der Waals surface area contributed by atoms with E-state index >= 15 is 0 Å². The predicted octanol–water partition coefficient (Wildman–Crippen LogP) is 2.83. The largest absolute Gasteiger partial charge is 0.0596 e. The summed E-state index contributed by atoms with van der Waals surface area (Å²) in [6.07, 6.45) is 6.09. The van der Waals surface area contributed by atoms with Gasteiger partial charge in [0.1, 0.15) is 0 Å². The number of fused-ring (bicyclic) bond motifs is 1. The van der Waals surface area contributed by atoms with Gasteiger partial charge in [-0.25, -0.2) is 0 Å². The van der Waals surface area contributed by atoms with Crippen LogP contribution in [-0.4, -0.2) is 0 Å². The van der Waals surface area contributed by atoms with Gasteiger partial charge in [-0.15, -0.1) is 0 Å². The summed E-state index contributed by atoms with van der Waals surface area (Å²) in [6.45, 7) is 4.86. The standard InChI is InChI=1S/C9H16/c1-9(2)6-7-4-3-5-8(7)9/h7-8H,3-6H2,1-2H3/t7-,8-/m1/s1. The molecule has 0 radical (unpaired) electrons. The van der Waals surface area contributed by atoms with Crippen LogP contribution < -0.4 is 0 Å². The Hall–Kier alpha value is 0. The molecule has 0 saturated heterocycles. The molecule has 0 heterocycles. The lowest BCUT2D eigenvalue weighted by Crippen LogP contribution is -2.40. The predicted molar refractivity (Wildman–Crippen MR) is 39.2 cm³/mol. The average Bonchev–Trinajstić information content (AvgIpc) is 2.10. The van der Waals surface area contributed by atoms with E-state index in [-0.39, 0.29) is 0 Å². The van der Waals surface area contributed by atoms with E-state index in [1.54, 1.807) is 0 Å². The lowest BCUT2D eigenvalue weighted by atomic mass is 9.57. The van der Waals surface area contributed by atoms with Crippen molar-refractivity contribution in [2.75, 3.05) is 0 Å². The molecule has 2 aliphatic rings. The molecular formula is C9H16. The van der Waals surface area contributed by atoms with E-state index in [4.69, 9.17) is 0 Å². The first-order valence-electron chi connectivity index (χ1n) is 4.20. The summed E-state index contributed by atoms with van der Waals surface area (Å²) in [5, 5.41) is 0. The summed E-state index contributed by atoms with van der Waals surface area (Å²) >= 11 is 0. The first-order valence-corrected chi connectivity index (χ1v) is 4.20. The molecular weight excluding hydrogens is 108 g/mol. The summed E-state index contributed by atoms with van der Waals surface area (Å²) in [4.78, 5) is 0. The Kier molecular flexibility index (Phi) is 0.980. The Balaban J connectivity index is 2.09. The Morgan fingerprint density at radius 3 is 2.44 bits per heavy atom. The van der Waals surface area contributed by atoms with Crippen molar-refractivity contribution < 1.29 is 0 Å². The van der Waals surface area contributed by atoms with Crippen LogP contribution in [0.4, 0.5) is 0 Å². The van der Waals surface area contributed by atoms with Gasteiger partial charge >= 0.3 is 0 Å². The van der Waals surface area contributed by atoms with E-state index in [9.17, 15) is 0 Å². The van der Waals surface area contributed by atoms with Crippen LogP contribution in [0.5, 0.6) is 0 Å². The van der Waals surface area contributed by atoms with Crippen molar-refractivity contribution in [2.24, 2.45) is 17.3 Å². The summed E-state index contributed by atoms with van der Waals surface area (Å²) in [5.74, 6) is 2.25. The van der Waals surface area contributed by atoms with Crippen LogP contribution in [0, 0.1) is 17.3 Å². The molecule has 0 aromatic heterocycles. The van der Waals surface area contributed by atoms with Gasteiger partial charge in [-0.2, -0.15) is 0 Å². The fourth-order valence-corrected chi connectivity index (χ4v) is 2.98. The third kappa shape index (κ3) is 0.653. The van der Waals surface area contributed by atoms with Gasteiger partial charge in [-0.1, -0.05) is 26.7 Å². The summed E-state index contributed by atoms with van der Waals surface area (Å²) in [5.41, 5.74) is 0.723. The van der Waals surface area contributed by atoms with Crippen LogP contribution in [0.25, 0.3) is 0 Å². The summed E-state index contributed by atoms with van der Waals surface area (Å²) in [6, 6.07) is 0. The zero-order chi connectivity index (χ0) is 6.48. The second-order valence-corrected chi connectivity index (χ2v) is 4.49. The molecule has 52 valence electrons. The van der Waals surface area contributed by atoms with Crippen LogP contribution in [0.15, 0.2) is 0 Å². The third-order valence-electron chi connectivity index (χ3n) is 3.45. The Morgan fingerprint density at radius 1 is 1.22 bits per heavy atom. The van der Waals surface area contributed by atoms with Gasteiger partial charge in [-0.05, 0) is 30.1 Å². The van der Waals surface area contributed by atoms with E-state index in [1.807, 2.05) is 0 Å². The molecule has 2 rings (SSSR count). The van der Waals surface area contributed by atoms with Crippen LogP contribution in [0.2, 0.25) is 0 Å². The van der Waals surface area contributed by atoms with Crippen molar-refractivity contribution >= 4 is 0 Å². The first-order chi connectivity index (χ1) is 4.20. The van der Waals surface area contributed by atoms with Gasteiger partial charge in [-0.3, -0.25) is 0 Å². The molecule has 0 aliphatic heterocycles. The molecule has 0 aromatic rings. The first kappa shape index (κ1) is 5.76. The molecule has 9 heavy (non-hydrogen) atoms. The zero-order valence-electron chi connectivity index (χ0n) is 6.48. The average molecular weight is 124 g/mol. The van der Waals surface area contributed by atoms with Crippen molar-refractivity contribution in [1.82, 2.24) is 0 Å². The molecule has 0 nitrogen and oxygen atoms in total. The molecule has 2 fully saturated rings. The summed E-state index contributed by atoms with van der Waals surface area (Å²) in [7, 11) is 0. The lowest BCUT2D eigenvalue weighted by molar-refractivity contribution is 0.0149. The normalized spacial score (nSPS) is 46.0. The van der Waals surface area contributed by atoms with E-state index < -0.39 is 0 Å². The Morgan fingerprint density at radius 2 is 2.00 bits per heavy atom. The van der Waals surface area contributed by atoms with Gasteiger partial charge < -0.3 is 0 Å². The highest BCUT2D eigenvalue weighted by molar-refractivity contribution is 4.98. The highest BCUT2D eigenvalue weighted by Crippen LogP contribution is 2.58. The highest BCUT2D eigenvalue weighted by atomic mass is 14.5. The van der Waals surface area contributed by atoms with Gasteiger partial charge in [0, 0.05) is 0 Å². The molecule has 0 N–H and O–H groups in total. The second kappa shape index (κ2) is 1.53. The number of hydrogen-bond donors (Lipinski definition) is 0. The molecule has 0 heteroatoms. The lowest BCUT2D eigenvalue weighted by Gasteiger charge is -2.48. The molecule has 2 atom stereocenters. The molecule has 0 unspecified atom stereocenters. The smallest absolute Gasteiger partial charge is 0.0321 e. The second-order valence-electron chi connectivity index (χ2n) is 4.49. The van der Waals surface area contributed by atoms with Gasteiger partial charge in [0.25, 0.3) is 0 Å². The third-order valence-corrected chi connectivity index (χ3v) is 3.45. The van der Waals surface area contributed by atoms with Gasteiger partial charge in [0.05, 0.1) is 0 Å². The van der Waals surface area contributed by atoms with E-state index in [0.29, 0.717) is 0 Å². The highest BCUT2D eigenvalue weighted by Gasteiger charge is 2.48. The van der Waals surface area contributed by atoms with Crippen LogP contribution in [-0.2, 0) is 0 Å². The number of rotatable bonds is 0. The summed E-state index contributed by atoms with van der Waals surface area (Å²) < 4.78 is 0. The minimum absolute atomic E-state index is 0.723. The molecule has 0 amide bonds. The van der Waals surface area contributed by atoms with Crippen molar-refractivity contribution in [3.8, 4) is 0 Å². The number of hydrogen-bond acceptors (Lipinski definition) is 0. The quantitative estimate of drug-likeness (QED) is 0.466. The molecule has 2 aliphatic carbocycles. The maximum atomic E-state index is 2.43. The van der Waals surface area contributed by atoms with E-state index in [0.717, 1.165) is 17.3 Å². The van der Waals surface area contributed by atoms with Crippen molar-refractivity contribution in [2.45, 2.75) is 39.5 Å². The fourth-order valence-electron chi connectivity index (χ4n) is 2.98. The van der Waals surface area contributed by atoms with Gasteiger partial charge in [0.2, 0.25) is 0 Å².